The van der Waals surface area contributed by atoms with Gasteiger partial charge in [0, 0.05) is 42.5 Å². The molecule has 1 atom stereocenters. The van der Waals surface area contributed by atoms with Gasteiger partial charge in [0.05, 0.1) is 12.8 Å². The van der Waals surface area contributed by atoms with Crippen LogP contribution in [0, 0.1) is 0 Å². The molecule has 4 rings (SSSR count). The highest BCUT2D eigenvalue weighted by Crippen LogP contribution is 2.36. The van der Waals surface area contributed by atoms with Crippen LogP contribution < -0.4 is 4.74 Å². The first kappa shape index (κ1) is 22.5. The van der Waals surface area contributed by atoms with Crippen LogP contribution in [0.4, 0.5) is 0 Å². The number of nitrogens with zero attached hydrogens (tertiary/aromatic N) is 2. The van der Waals surface area contributed by atoms with E-state index in [4.69, 9.17) is 9.72 Å². The molecule has 3 aromatic rings. The summed E-state index contributed by atoms with van der Waals surface area (Å²) in [5.74, 6) is 0.942. The van der Waals surface area contributed by atoms with Crippen LogP contribution in [0.2, 0.25) is 0 Å². The molecule has 32 heavy (non-hydrogen) atoms. The lowest BCUT2D eigenvalue weighted by atomic mass is 9.89. The third-order valence-electron chi connectivity index (χ3n) is 6.88. The summed E-state index contributed by atoms with van der Waals surface area (Å²) in [6, 6.07) is 18.2. The van der Waals surface area contributed by atoms with E-state index < -0.39 is 0 Å². The number of fused-ring (bicyclic) bond motifs is 1. The summed E-state index contributed by atoms with van der Waals surface area (Å²) in [5.41, 5.74) is 9.17. The van der Waals surface area contributed by atoms with E-state index in [1.54, 1.807) is 7.11 Å². The molecule has 0 saturated heterocycles. The van der Waals surface area contributed by atoms with Crippen molar-refractivity contribution in [1.82, 2.24) is 9.88 Å². The molecule has 0 N–H and O–H groups in total. The Bertz CT molecular complexity index is 1040. The average molecular weight is 429 g/mol. The van der Waals surface area contributed by atoms with Gasteiger partial charge in [0.25, 0.3) is 0 Å². The van der Waals surface area contributed by atoms with Crippen LogP contribution in [0.1, 0.15) is 67.5 Å². The molecule has 0 saturated carbocycles. The monoisotopic (exact) mass is 428 g/mol. The molecule has 0 amide bonds. The Morgan fingerprint density at radius 1 is 0.969 bits per heavy atom. The van der Waals surface area contributed by atoms with E-state index in [1.165, 1.54) is 46.2 Å². The molecule has 0 spiro atoms. The lowest BCUT2D eigenvalue weighted by molar-refractivity contribution is 0.164. The number of rotatable bonds is 8. The van der Waals surface area contributed by atoms with E-state index in [9.17, 15) is 0 Å². The Labute approximate surface area is 193 Å². The molecule has 1 aliphatic rings. The summed E-state index contributed by atoms with van der Waals surface area (Å²) in [5, 5.41) is 0. The lowest BCUT2D eigenvalue weighted by Gasteiger charge is -2.37. The summed E-state index contributed by atoms with van der Waals surface area (Å²) < 4.78 is 5.89. The number of ether oxygens (including phenoxy) is 1. The van der Waals surface area contributed by atoms with Gasteiger partial charge in [-0.3, -0.25) is 9.88 Å². The summed E-state index contributed by atoms with van der Waals surface area (Å²) in [4.78, 5) is 7.56. The van der Waals surface area contributed by atoms with Crippen LogP contribution in [0.25, 0.3) is 11.3 Å². The number of aromatic nitrogens is 1. The molecule has 0 bridgehead atoms. The topological polar surface area (TPSA) is 25.4 Å². The summed E-state index contributed by atoms with van der Waals surface area (Å²) >= 11 is 0. The fourth-order valence-corrected chi connectivity index (χ4v) is 5.21. The Morgan fingerprint density at radius 3 is 2.41 bits per heavy atom. The number of hydrogen-bond acceptors (Lipinski definition) is 3. The second kappa shape index (κ2) is 10.3. The van der Waals surface area contributed by atoms with Crippen LogP contribution >= 0.6 is 0 Å². The molecule has 0 fully saturated rings. The van der Waals surface area contributed by atoms with Gasteiger partial charge < -0.3 is 4.74 Å². The predicted octanol–water partition coefficient (Wildman–Crippen LogP) is 6.78. The molecular weight excluding hydrogens is 392 g/mol. The highest BCUT2D eigenvalue weighted by Gasteiger charge is 2.27. The maximum atomic E-state index is 5.89. The van der Waals surface area contributed by atoms with Crippen molar-refractivity contribution in [3.8, 4) is 17.0 Å². The first-order valence-electron chi connectivity index (χ1n) is 12.2. The Morgan fingerprint density at radius 2 is 1.72 bits per heavy atom. The van der Waals surface area contributed by atoms with E-state index >= 15 is 0 Å². The molecule has 1 aliphatic heterocycles. The number of pyridine rings is 1. The molecule has 1 aromatic heterocycles. The molecule has 3 nitrogen and oxygen atoms in total. The zero-order chi connectivity index (χ0) is 22.5. The van der Waals surface area contributed by atoms with Crippen molar-refractivity contribution in [1.29, 1.82) is 0 Å². The van der Waals surface area contributed by atoms with Crippen molar-refractivity contribution in [2.24, 2.45) is 0 Å². The van der Waals surface area contributed by atoms with Crippen molar-refractivity contribution in [2.45, 2.75) is 65.5 Å². The van der Waals surface area contributed by atoms with E-state index in [0.717, 1.165) is 43.8 Å². The second-order valence-corrected chi connectivity index (χ2v) is 8.76. The molecule has 1 unspecified atom stereocenters. The third kappa shape index (κ3) is 4.45. The number of methoxy groups -OCH3 is 1. The molecule has 2 heterocycles. The van der Waals surface area contributed by atoms with E-state index in [-0.39, 0.29) is 0 Å². The van der Waals surface area contributed by atoms with Gasteiger partial charge in [0.2, 0.25) is 0 Å². The molecule has 168 valence electrons. The van der Waals surface area contributed by atoms with Crippen molar-refractivity contribution >= 4 is 0 Å². The number of benzene rings is 2. The smallest absolute Gasteiger partial charge is 0.127 e. The third-order valence-corrected chi connectivity index (χ3v) is 6.88. The van der Waals surface area contributed by atoms with Gasteiger partial charge in [0.1, 0.15) is 5.75 Å². The lowest BCUT2D eigenvalue weighted by Crippen LogP contribution is -2.35. The van der Waals surface area contributed by atoms with Gasteiger partial charge in [-0.25, -0.2) is 0 Å². The van der Waals surface area contributed by atoms with Crippen LogP contribution in [-0.2, 0) is 25.8 Å². The minimum atomic E-state index is 0.460. The highest BCUT2D eigenvalue weighted by molar-refractivity contribution is 5.69. The molecule has 0 aliphatic carbocycles. The molecule has 2 aromatic carbocycles. The Balaban J connectivity index is 1.66. The van der Waals surface area contributed by atoms with Crippen molar-refractivity contribution < 1.29 is 4.74 Å². The van der Waals surface area contributed by atoms with Gasteiger partial charge in [-0.1, -0.05) is 69.7 Å². The van der Waals surface area contributed by atoms with Crippen molar-refractivity contribution in [3.63, 3.8) is 0 Å². The van der Waals surface area contributed by atoms with Crippen LogP contribution in [0.5, 0.6) is 5.75 Å². The van der Waals surface area contributed by atoms with E-state index in [2.05, 4.69) is 74.2 Å². The van der Waals surface area contributed by atoms with Gasteiger partial charge in [-0.05, 0) is 47.9 Å². The summed E-state index contributed by atoms with van der Waals surface area (Å²) in [6.07, 6.45) is 7.51. The average Bonchev–Trinajstić information content (AvgIpc) is 2.85. The number of hydrogen-bond donors (Lipinski definition) is 0. The summed E-state index contributed by atoms with van der Waals surface area (Å²) in [6.45, 7) is 8.65. The van der Waals surface area contributed by atoms with Gasteiger partial charge in [0.15, 0.2) is 0 Å². The normalized spacial score (nSPS) is 16.1. The van der Waals surface area contributed by atoms with E-state index in [0.29, 0.717) is 6.04 Å². The largest absolute Gasteiger partial charge is 0.496 e. The zero-order valence-corrected chi connectivity index (χ0v) is 20.0. The van der Waals surface area contributed by atoms with Gasteiger partial charge in [-0.15, -0.1) is 0 Å². The van der Waals surface area contributed by atoms with Crippen molar-refractivity contribution in [2.75, 3.05) is 13.7 Å². The van der Waals surface area contributed by atoms with Crippen LogP contribution in [0.3, 0.4) is 0 Å². The predicted molar refractivity (Wildman–Crippen MR) is 133 cm³/mol. The minimum Gasteiger partial charge on any atom is -0.496 e. The second-order valence-electron chi connectivity index (χ2n) is 8.76. The van der Waals surface area contributed by atoms with Crippen molar-refractivity contribution in [3.05, 3.63) is 82.5 Å². The highest BCUT2D eigenvalue weighted by atomic mass is 16.5. The molecule has 3 heteroatoms. The molecular formula is C29H36N2O. The van der Waals surface area contributed by atoms with Gasteiger partial charge in [-0.2, -0.15) is 0 Å². The fourth-order valence-electron chi connectivity index (χ4n) is 5.21. The SMILES string of the molecule is CCCC1c2ccccc2CCN1Cc1cnc(-c2c(CC)cccc2CC)cc1OC. The maximum Gasteiger partial charge on any atom is 0.127 e. The first-order chi connectivity index (χ1) is 15.7. The Hall–Kier alpha value is -2.65. The summed E-state index contributed by atoms with van der Waals surface area (Å²) in [7, 11) is 1.78. The minimum absolute atomic E-state index is 0.460. The zero-order valence-electron chi connectivity index (χ0n) is 20.0. The van der Waals surface area contributed by atoms with Crippen LogP contribution in [-0.4, -0.2) is 23.5 Å². The quantitative estimate of drug-likeness (QED) is 0.395. The number of aryl methyl sites for hydroxylation is 2. The Kier molecular flexibility index (Phi) is 7.26. The standard InChI is InChI=1S/C29H36N2O/c1-5-11-27-25-15-9-8-12-23(25)16-17-31(27)20-24-19-30-26(18-28(24)32-4)29-21(6-2)13-10-14-22(29)7-3/h8-10,12-15,18-19,27H,5-7,11,16-17,20H2,1-4H3. The maximum absolute atomic E-state index is 5.89. The first-order valence-corrected chi connectivity index (χ1v) is 12.2. The molecule has 0 radical (unpaired) electrons. The fraction of sp³-hybridized carbons (Fsp3) is 0.414. The van der Waals surface area contributed by atoms with Gasteiger partial charge >= 0.3 is 0 Å². The van der Waals surface area contributed by atoms with Crippen LogP contribution in [0.15, 0.2) is 54.7 Å². The van der Waals surface area contributed by atoms with E-state index in [1.807, 2.05) is 6.20 Å².